The van der Waals surface area contributed by atoms with E-state index in [1.165, 1.54) is 49.4 Å². The van der Waals surface area contributed by atoms with E-state index < -0.39 is 27.5 Å². The Morgan fingerprint density at radius 2 is 1.85 bits per heavy atom. The molecule has 0 spiro atoms. The van der Waals surface area contributed by atoms with Gasteiger partial charge >= 0.3 is 5.97 Å². The van der Waals surface area contributed by atoms with Gasteiger partial charge in [-0.1, -0.05) is 11.6 Å². The third-order valence-corrected chi connectivity index (χ3v) is 5.59. The summed E-state index contributed by atoms with van der Waals surface area (Å²) in [6.45, 7) is 0.935. The molecule has 0 bridgehead atoms. The smallest absolute Gasteiger partial charge is 0.326 e. The van der Waals surface area contributed by atoms with Crippen LogP contribution in [0.2, 0.25) is 5.02 Å². The van der Waals surface area contributed by atoms with Crippen molar-refractivity contribution in [3.05, 3.63) is 63.2 Å². The lowest BCUT2D eigenvalue weighted by molar-refractivity contribution is -0.384. The number of methoxy groups -OCH3 is 1. The zero-order valence-corrected chi connectivity index (χ0v) is 15.5. The number of non-ortho nitro benzene ring substituents is 1. The summed E-state index contributed by atoms with van der Waals surface area (Å²) in [7, 11) is -2.99. The van der Waals surface area contributed by atoms with Crippen LogP contribution >= 0.6 is 11.6 Å². The van der Waals surface area contributed by atoms with Crippen LogP contribution < -0.4 is 4.31 Å². The van der Waals surface area contributed by atoms with Crippen molar-refractivity contribution in [2.75, 3.05) is 18.0 Å². The fourth-order valence-electron chi connectivity index (χ4n) is 2.25. The highest BCUT2D eigenvalue weighted by atomic mass is 35.5. The van der Waals surface area contributed by atoms with Crippen LogP contribution in [-0.2, 0) is 19.6 Å². The maximum absolute atomic E-state index is 13.0. The number of nitro groups is 1. The summed E-state index contributed by atoms with van der Waals surface area (Å²) < 4.78 is 31.4. The number of nitro benzene ring substituents is 1. The Balaban J connectivity index is 2.58. The molecule has 0 saturated heterocycles. The van der Waals surface area contributed by atoms with Crippen molar-refractivity contribution < 1.29 is 22.9 Å². The minimum absolute atomic E-state index is 0.0800. The standard InChI is InChI=1S/C16H15ClN2O6S/c1-11-9-13(19(21)22)5-8-15(11)18(10-16(20)25-2)26(23,24)14-6-3-12(17)4-7-14/h3-9H,10H2,1-2H3. The first-order valence-electron chi connectivity index (χ1n) is 7.27. The first kappa shape index (κ1) is 19.7. The average molecular weight is 399 g/mol. The molecule has 0 N–H and O–H groups in total. The first-order chi connectivity index (χ1) is 12.2. The van der Waals surface area contributed by atoms with Crippen LogP contribution in [0.3, 0.4) is 0 Å². The van der Waals surface area contributed by atoms with Crippen molar-refractivity contribution in [1.82, 2.24) is 0 Å². The van der Waals surface area contributed by atoms with E-state index in [4.69, 9.17) is 11.6 Å². The number of aryl methyl sites for hydroxylation is 1. The monoisotopic (exact) mass is 398 g/mol. The van der Waals surface area contributed by atoms with Crippen molar-refractivity contribution in [2.45, 2.75) is 11.8 Å². The second kappa shape index (κ2) is 7.71. The second-order valence-electron chi connectivity index (χ2n) is 5.27. The number of carbonyl (C=O) groups is 1. The van der Waals surface area contributed by atoms with Gasteiger partial charge in [-0.15, -0.1) is 0 Å². The minimum Gasteiger partial charge on any atom is -0.468 e. The Bertz CT molecular complexity index is 944. The summed E-state index contributed by atoms with van der Waals surface area (Å²) in [5.74, 6) is -0.778. The van der Waals surface area contributed by atoms with Crippen molar-refractivity contribution in [3.8, 4) is 0 Å². The number of carbonyl (C=O) groups excluding carboxylic acids is 1. The molecule has 0 aliphatic carbocycles. The van der Waals surface area contributed by atoms with Gasteiger partial charge in [-0.2, -0.15) is 0 Å². The predicted molar refractivity (Wildman–Crippen MR) is 95.8 cm³/mol. The number of halogens is 1. The maximum atomic E-state index is 13.0. The zero-order valence-electron chi connectivity index (χ0n) is 13.9. The van der Waals surface area contributed by atoms with Crippen molar-refractivity contribution in [3.63, 3.8) is 0 Å². The van der Waals surface area contributed by atoms with Gasteiger partial charge in [0.1, 0.15) is 6.54 Å². The van der Waals surface area contributed by atoms with E-state index >= 15 is 0 Å². The van der Waals surface area contributed by atoms with Gasteiger partial charge in [0, 0.05) is 17.2 Å². The summed E-state index contributed by atoms with van der Waals surface area (Å²) in [4.78, 5) is 22.0. The van der Waals surface area contributed by atoms with Gasteiger partial charge in [0.05, 0.1) is 22.6 Å². The topological polar surface area (TPSA) is 107 Å². The van der Waals surface area contributed by atoms with Gasteiger partial charge in [0.15, 0.2) is 0 Å². The number of benzene rings is 2. The molecule has 2 aromatic carbocycles. The third-order valence-electron chi connectivity index (χ3n) is 3.56. The molecule has 0 saturated carbocycles. The Morgan fingerprint density at radius 1 is 1.23 bits per heavy atom. The quantitative estimate of drug-likeness (QED) is 0.420. The maximum Gasteiger partial charge on any atom is 0.326 e. The fraction of sp³-hybridized carbons (Fsp3) is 0.188. The van der Waals surface area contributed by atoms with Crippen LogP contribution in [0.25, 0.3) is 0 Å². The van der Waals surface area contributed by atoms with Crippen LogP contribution in [0, 0.1) is 17.0 Å². The average Bonchev–Trinajstić information content (AvgIpc) is 2.59. The van der Waals surface area contributed by atoms with Crippen molar-refractivity contribution in [1.29, 1.82) is 0 Å². The van der Waals surface area contributed by atoms with E-state index in [-0.39, 0.29) is 16.3 Å². The van der Waals surface area contributed by atoms with Gasteiger partial charge in [0.2, 0.25) is 0 Å². The molecule has 0 aliphatic heterocycles. The number of anilines is 1. The summed E-state index contributed by atoms with van der Waals surface area (Å²) in [5.41, 5.74) is 0.268. The molecule has 0 radical (unpaired) electrons. The fourth-order valence-corrected chi connectivity index (χ4v) is 3.85. The summed E-state index contributed by atoms with van der Waals surface area (Å²) in [5, 5.41) is 11.3. The van der Waals surface area contributed by atoms with E-state index in [0.717, 1.165) is 11.4 Å². The molecule has 0 heterocycles. The van der Waals surface area contributed by atoms with Crippen LogP contribution in [0.15, 0.2) is 47.4 Å². The van der Waals surface area contributed by atoms with Crippen LogP contribution in [0.1, 0.15) is 5.56 Å². The molecular formula is C16H15ClN2O6S. The minimum atomic E-state index is -4.13. The third kappa shape index (κ3) is 4.12. The molecular weight excluding hydrogens is 384 g/mol. The van der Waals surface area contributed by atoms with Crippen LogP contribution in [0.4, 0.5) is 11.4 Å². The van der Waals surface area contributed by atoms with Gasteiger partial charge in [-0.05, 0) is 42.8 Å². The van der Waals surface area contributed by atoms with Gasteiger partial charge in [-0.3, -0.25) is 19.2 Å². The van der Waals surface area contributed by atoms with Gasteiger partial charge in [0.25, 0.3) is 15.7 Å². The van der Waals surface area contributed by atoms with Crippen molar-refractivity contribution >= 4 is 39.0 Å². The summed E-state index contributed by atoms with van der Waals surface area (Å²) in [6.07, 6.45) is 0. The number of esters is 1. The Kier molecular flexibility index (Phi) is 5.83. The number of ether oxygens (including phenoxy) is 1. The normalized spacial score (nSPS) is 11.0. The molecule has 8 nitrogen and oxygen atoms in total. The first-order valence-corrected chi connectivity index (χ1v) is 9.09. The molecule has 0 amide bonds. The molecule has 0 fully saturated rings. The Morgan fingerprint density at radius 3 is 2.35 bits per heavy atom. The molecule has 2 aromatic rings. The lowest BCUT2D eigenvalue weighted by atomic mass is 10.2. The lowest BCUT2D eigenvalue weighted by Gasteiger charge is -2.24. The summed E-state index contributed by atoms with van der Waals surface area (Å²) in [6, 6.07) is 9.12. The molecule has 138 valence electrons. The summed E-state index contributed by atoms with van der Waals surface area (Å²) >= 11 is 5.79. The Labute approximate surface area is 155 Å². The number of sulfonamides is 1. The van der Waals surface area contributed by atoms with Gasteiger partial charge in [-0.25, -0.2) is 8.42 Å². The number of rotatable bonds is 6. The number of hydrogen-bond donors (Lipinski definition) is 0. The van der Waals surface area contributed by atoms with Gasteiger partial charge < -0.3 is 4.74 Å². The largest absolute Gasteiger partial charge is 0.468 e. The van der Waals surface area contributed by atoms with Crippen molar-refractivity contribution in [2.24, 2.45) is 0 Å². The highest BCUT2D eigenvalue weighted by molar-refractivity contribution is 7.92. The number of hydrogen-bond acceptors (Lipinski definition) is 6. The highest BCUT2D eigenvalue weighted by Crippen LogP contribution is 2.30. The lowest BCUT2D eigenvalue weighted by Crippen LogP contribution is -2.36. The van der Waals surface area contributed by atoms with E-state index in [0.29, 0.717) is 10.6 Å². The Hall–Kier alpha value is -2.65. The molecule has 26 heavy (non-hydrogen) atoms. The second-order valence-corrected chi connectivity index (χ2v) is 7.57. The predicted octanol–water partition coefficient (Wildman–Crippen LogP) is 2.92. The molecule has 10 heteroatoms. The molecule has 0 atom stereocenters. The molecule has 0 unspecified atom stereocenters. The zero-order chi connectivity index (χ0) is 19.5. The van der Waals surface area contributed by atoms with E-state index in [1.807, 2.05) is 0 Å². The van der Waals surface area contributed by atoms with E-state index in [1.54, 1.807) is 0 Å². The van der Waals surface area contributed by atoms with Crippen LogP contribution in [0.5, 0.6) is 0 Å². The van der Waals surface area contributed by atoms with E-state index in [9.17, 15) is 23.3 Å². The number of nitrogens with zero attached hydrogens (tertiary/aromatic N) is 2. The molecule has 0 aromatic heterocycles. The molecule has 0 aliphatic rings. The highest BCUT2D eigenvalue weighted by Gasteiger charge is 2.29. The molecule has 2 rings (SSSR count). The van der Waals surface area contributed by atoms with Crippen LogP contribution in [-0.4, -0.2) is 33.0 Å². The van der Waals surface area contributed by atoms with E-state index in [2.05, 4.69) is 4.74 Å². The SMILES string of the molecule is COC(=O)CN(c1ccc([N+](=O)[O-])cc1C)S(=O)(=O)c1ccc(Cl)cc1.